The highest BCUT2D eigenvalue weighted by molar-refractivity contribution is 6.33. The number of halogens is 1. The number of hydrogen-bond donors (Lipinski definition) is 2. The lowest BCUT2D eigenvalue weighted by Crippen LogP contribution is -2.14. The van der Waals surface area contributed by atoms with Crippen molar-refractivity contribution < 1.29 is 4.79 Å². The summed E-state index contributed by atoms with van der Waals surface area (Å²) < 4.78 is 0. The van der Waals surface area contributed by atoms with Gasteiger partial charge in [-0.1, -0.05) is 32.4 Å². The van der Waals surface area contributed by atoms with Crippen LogP contribution in [0.5, 0.6) is 0 Å². The number of hydrogen-bond acceptors (Lipinski definition) is 2. The highest BCUT2D eigenvalue weighted by atomic mass is 35.5. The molecule has 0 bridgehead atoms. The summed E-state index contributed by atoms with van der Waals surface area (Å²) in [5.74, 6) is -0.444. The minimum atomic E-state index is -0.444. The standard InChI is InChI=1S/C13H19ClN2O/c1-13(2,3)6-7-16-11-8-9(12(15)17)4-5-10(11)14/h4-5,8,16H,6-7H2,1-3H3,(H2,15,17). The Morgan fingerprint density at radius 3 is 2.59 bits per heavy atom. The smallest absolute Gasteiger partial charge is 0.248 e. The Balaban J connectivity index is 2.70. The fourth-order valence-corrected chi connectivity index (χ4v) is 1.57. The zero-order chi connectivity index (χ0) is 13.1. The van der Waals surface area contributed by atoms with Crippen LogP contribution in [0.15, 0.2) is 18.2 Å². The van der Waals surface area contributed by atoms with Crippen LogP contribution in [0.25, 0.3) is 0 Å². The first-order valence-electron chi connectivity index (χ1n) is 5.63. The molecule has 3 N–H and O–H groups in total. The summed E-state index contributed by atoms with van der Waals surface area (Å²) in [5, 5.41) is 3.83. The van der Waals surface area contributed by atoms with Crippen LogP contribution in [0.1, 0.15) is 37.6 Å². The van der Waals surface area contributed by atoms with Crippen LogP contribution < -0.4 is 11.1 Å². The van der Waals surface area contributed by atoms with Crippen LogP contribution in [0, 0.1) is 5.41 Å². The Hall–Kier alpha value is -1.22. The Bertz CT molecular complexity index is 410. The van der Waals surface area contributed by atoms with Crippen molar-refractivity contribution in [2.24, 2.45) is 11.1 Å². The van der Waals surface area contributed by atoms with E-state index in [-0.39, 0.29) is 5.41 Å². The van der Waals surface area contributed by atoms with E-state index in [1.54, 1.807) is 18.2 Å². The van der Waals surface area contributed by atoms with Gasteiger partial charge in [-0.2, -0.15) is 0 Å². The number of nitrogens with two attached hydrogens (primary N) is 1. The molecule has 0 saturated carbocycles. The van der Waals surface area contributed by atoms with Crippen molar-refractivity contribution in [3.8, 4) is 0 Å². The van der Waals surface area contributed by atoms with E-state index in [1.165, 1.54) is 0 Å². The van der Waals surface area contributed by atoms with Crippen LogP contribution in [-0.4, -0.2) is 12.5 Å². The maximum absolute atomic E-state index is 11.0. The molecule has 3 nitrogen and oxygen atoms in total. The minimum Gasteiger partial charge on any atom is -0.384 e. The zero-order valence-corrected chi connectivity index (χ0v) is 11.3. The summed E-state index contributed by atoms with van der Waals surface area (Å²) in [6.07, 6.45) is 1.02. The summed E-state index contributed by atoms with van der Waals surface area (Å²) in [5.41, 5.74) is 6.71. The molecule has 0 atom stereocenters. The first-order chi connectivity index (χ1) is 7.79. The number of nitrogens with one attached hydrogen (secondary N) is 1. The number of rotatable bonds is 4. The molecule has 1 rings (SSSR count). The van der Waals surface area contributed by atoms with Gasteiger partial charge in [0.15, 0.2) is 0 Å². The average Bonchev–Trinajstić information content (AvgIpc) is 2.18. The van der Waals surface area contributed by atoms with E-state index in [2.05, 4.69) is 26.1 Å². The predicted molar refractivity (Wildman–Crippen MR) is 72.5 cm³/mol. The molecular weight excluding hydrogens is 236 g/mol. The molecule has 0 unspecified atom stereocenters. The number of amides is 1. The SMILES string of the molecule is CC(C)(C)CCNc1cc(C(N)=O)ccc1Cl. The lowest BCUT2D eigenvalue weighted by atomic mass is 9.92. The van der Waals surface area contributed by atoms with E-state index >= 15 is 0 Å². The molecule has 94 valence electrons. The van der Waals surface area contributed by atoms with Crippen LogP contribution in [-0.2, 0) is 0 Å². The fourth-order valence-electron chi connectivity index (χ4n) is 1.39. The number of anilines is 1. The summed E-state index contributed by atoms with van der Waals surface area (Å²) >= 11 is 6.04. The maximum atomic E-state index is 11.0. The van der Waals surface area contributed by atoms with Gasteiger partial charge in [-0.05, 0) is 30.0 Å². The molecule has 0 aromatic heterocycles. The van der Waals surface area contributed by atoms with Gasteiger partial charge in [-0.3, -0.25) is 4.79 Å². The molecule has 17 heavy (non-hydrogen) atoms. The van der Waals surface area contributed by atoms with Gasteiger partial charge in [-0.15, -0.1) is 0 Å². The zero-order valence-electron chi connectivity index (χ0n) is 10.5. The molecule has 0 fully saturated rings. The number of carbonyl (C=O) groups is 1. The average molecular weight is 255 g/mol. The number of primary amides is 1. The maximum Gasteiger partial charge on any atom is 0.248 e. The summed E-state index contributed by atoms with van der Waals surface area (Å²) in [6.45, 7) is 7.34. The molecule has 0 saturated heterocycles. The molecular formula is C13H19ClN2O. The predicted octanol–water partition coefficient (Wildman–Crippen LogP) is 3.29. The molecule has 1 aromatic carbocycles. The van der Waals surface area contributed by atoms with Crippen LogP contribution in [0.2, 0.25) is 5.02 Å². The molecule has 1 amide bonds. The second-order valence-electron chi connectivity index (χ2n) is 5.30. The van der Waals surface area contributed by atoms with E-state index in [1.807, 2.05) is 0 Å². The Labute approximate surface area is 107 Å². The Morgan fingerprint density at radius 1 is 1.41 bits per heavy atom. The molecule has 0 heterocycles. The minimum absolute atomic E-state index is 0.265. The van der Waals surface area contributed by atoms with Crippen LogP contribution in [0.3, 0.4) is 0 Å². The van der Waals surface area contributed by atoms with E-state index in [9.17, 15) is 4.79 Å². The van der Waals surface area contributed by atoms with E-state index in [0.717, 1.165) is 18.7 Å². The van der Waals surface area contributed by atoms with Crippen molar-refractivity contribution in [3.05, 3.63) is 28.8 Å². The van der Waals surface area contributed by atoms with Gasteiger partial charge < -0.3 is 11.1 Å². The lowest BCUT2D eigenvalue weighted by Gasteiger charge is -2.19. The third kappa shape index (κ3) is 4.65. The topological polar surface area (TPSA) is 55.1 Å². The van der Waals surface area contributed by atoms with E-state index in [0.29, 0.717) is 10.6 Å². The molecule has 0 radical (unpaired) electrons. The monoisotopic (exact) mass is 254 g/mol. The highest BCUT2D eigenvalue weighted by Gasteiger charge is 2.10. The number of carbonyl (C=O) groups excluding carboxylic acids is 1. The molecule has 4 heteroatoms. The normalized spacial score (nSPS) is 11.3. The quantitative estimate of drug-likeness (QED) is 0.866. The van der Waals surface area contributed by atoms with Crippen molar-refractivity contribution in [3.63, 3.8) is 0 Å². The second-order valence-corrected chi connectivity index (χ2v) is 5.70. The van der Waals surface area contributed by atoms with Gasteiger partial charge in [0.1, 0.15) is 0 Å². The molecule has 0 spiro atoms. The van der Waals surface area contributed by atoms with E-state index in [4.69, 9.17) is 17.3 Å². The first-order valence-corrected chi connectivity index (χ1v) is 6.00. The Kier molecular flexibility index (Phi) is 4.40. The lowest BCUT2D eigenvalue weighted by molar-refractivity contribution is 0.100. The van der Waals surface area contributed by atoms with Gasteiger partial charge in [-0.25, -0.2) is 0 Å². The van der Waals surface area contributed by atoms with Crippen molar-refractivity contribution in [2.45, 2.75) is 27.2 Å². The van der Waals surface area contributed by atoms with Gasteiger partial charge >= 0.3 is 0 Å². The van der Waals surface area contributed by atoms with Gasteiger partial charge in [0.25, 0.3) is 0 Å². The Morgan fingerprint density at radius 2 is 2.06 bits per heavy atom. The van der Waals surface area contributed by atoms with Gasteiger partial charge in [0.2, 0.25) is 5.91 Å². The van der Waals surface area contributed by atoms with Crippen LogP contribution in [0.4, 0.5) is 5.69 Å². The molecule has 0 aliphatic heterocycles. The summed E-state index contributed by atoms with van der Waals surface area (Å²) in [7, 11) is 0. The summed E-state index contributed by atoms with van der Waals surface area (Å²) in [4.78, 5) is 11.0. The first kappa shape index (κ1) is 13.8. The molecule has 0 aliphatic carbocycles. The van der Waals surface area contributed by atoms with E-state index < -0.39 is 5.91 Å². The van der Waals surface area contributed by atoms with Crippen LogP contribution >= 0.6 is 11.6 Å². The number of benzene rings is 1. The highest BCUT2D eigenvalue weighted by Crippen LogP contribution is 2.24. The second kappa shape index (κ2) is 5.41. The fraction of sp³-hybridized carbons (Fsp3) is 0.462. The van der Waals surface area contributed by atoms with Crippen molar-refractivity contribution >= 4 is 23.2 Å². The third-order valence-electron chi connectivity index (χ3n) is 2.44. The largest absolute Gasteiger partial charge is 0.384 e. The molecule has 1 aromatic rings. The summed E-state index contributed by atoms with van der Waals surface area (Å²) in [6, 6.07) is 4.99. The van der Waals surface area contributed by atoms with Crippen molar-refractivity contribution in [2.75, 3.05) is 11.9 Å². The van der Waals surface area contributed by atoms with Gasteiger partial charge in [0, 0.05) is 12.1 Å². The third-order valence-corrected chi connectivity index (χ3v) is 2.77. The van der Waals surface area contributed by atoms with Crippen molar-refractivity contribution in [1.82, 2.24) is 0 Å². The van der Waals surface area contributed by atoms with Gasteiger partial charge in [0.05, 0.1) is 10.7 Å². The van der Waals surface area contributed by atoms with Crippen molar-refractivity contribution in [1.29, 1.82) is 0 Å². The molecule has 0 aliphatic rings.